The minimum Gasteiger partial charge on any atom is -0.321 e. The third kappa shape index (κ3) is 1.32. The van der Waals surface area contributed by atoms with Crippen molar-refractivity contribution in [2.45, 2.75) is 13.8 Å². The second kappa shape index (κ2) is 3.38. The van der Waals surface area contributed by atoms with Gasteiger partial charge in [0.05, 0.1) is 0 Å². The van der Waals surface area contributed by atoms with Gasteiger partial charge in [-0.25, -0.2) is 15.0 Å². The fraction of sp³-hybridized carbons (Fsp3) is 0.182. The van der Waals surface area contributed by atoms with Crippen molar-refractivity contribution in [1.82, 2.24) is 19.9 Å². The highest BCUT2D eigenvalue weighted by atomic mass is 32.1. The van der Waals surface area contributed by atoms with Crippen molar-refractivity contribution in [3.8, 4) is 11.4 Å². The molecule has 1 N–H and O–H groups in total. The molecule has 0 radical (unpaired) electrons. The molecule has 0 saturated heterocycles. The third-order valence-electron chi connectivity index (χ3n) is 2.53. The number of hydrogen-bond acceptors (Lipinski definition) is 4. The quantitative estimate of drug-likeness (QED) is 0.699. The van der Waals surface area contributed by atoms with Gasteiger partial charge in [-0.3, -0.25) is 0 Å². The molecule has 0 fully saturated rings. The van der Waals surface area contributed by atoms with Crippen LogP contribution in [0.25, 0.3) is 22.7 Å². The maximum Gasteiger partial charge on any atom is 0.197 e. The van der Waals surface area contributed by atoms with Gasteiger partial charge >= 0.3 is 0 Å². The molecule has 0 amide bonds. The third-order valence-corrected chi connectivity index (χ3v) is 3.56. The van der Waals surface area contributed by atoms with E-state index in [1.807, 2.05) is 0 Å². The van der Waals surface area contributed by atoms with Gasteiger partial charge in [-0.05, 0) is 24.8 Å². The van der Waals surface area contributed by atoms with Gasteiger partial charge in [-0.15, -0.1) is 11.3 Å². The van der Waals surface area contributed by atoms with Crippen LogP contribution in [0.1, 0.15) is 10.4 Å². The van der Waals surface area contributed by atoms with Crippen LogP contribution < -0.4 is 0 Å². The smallest absolute Gasteiger partial charge is 0.197 e. The zero-order chi connectivity index (χ0) is 11.1. The van der Waals surface area contributed by atoms with Gasteiger partial charge in [0, 0.05) is 22.8 Å². The van der Waals surface area contributed by atoms with E-state index in [-0.39, 0.29) is 0 Å². The predicted molar refractivity (Wildman–Crippen MR) is 64.5 cm³/mol. The Morgan fingerprint density at radius 2 is 2.00 bits per heavy atom. The molecule has 0 aliphatic heterocycles. The van der Waals surface area contributed by atoms with Gasteiger partial charge in [-0.1, -0.05) is 0 Å². The van der Waals surface area contributed by atoms with Crippen LogP contribution in [0.3, 0.4) is 0 Å². The molecular formula is C11H10N4S. The van der Waals surface area contributed by atoms with Crippen LogP contribution >= 0.6 is 11.3 Å². The molecule has 0 aliphatic carbocycles. The predicted octanol–water partition coefficient (Wildman–Crippen LogP) is 2.70. The van der Waals surface area contributed by atoms with Crippen LogP contribution in [-0.2, 0) is 0 Å². The van der Waals surface area contributed by atoms with Gasteiger partial charge in [0.25, 0.3) is 0 Å². The Hall–Kier alpha value is -1.75. The number of aromatic amines is 1. The van der Waals surface area contributed by atoms with Crippen molar-refractivity contribution in [2.24, 2.45) is 0 Å². The molecule has 0 aliphatic rings. The molecule has 0 bridgehead atoms. The van der Waals surface area contributed by atoms with Gasteiger partial charge in [0.2, 0.25) is 0 Å². The van der Waals surface area contributed by atoms with Crippen LogP contribution in [0, 0.1) is 13.8 Å². The first-order valence-electron chi connectivity index (χ1n) is 4.97. The summed E-state index contributed by atoms with van der Waals surface area (Å²) in [5.41, 5.74) is 3.82. The van der Waals surface area contributed by atoms with E-state index in [1.54, 1.807) is 23.7 Å². The average molecular weight is 230 g/mol. The molecule has 0 unspecified atom stereocenters. The van der Waals surface area contributed by atoms with Crippen LogP contribution in [0.15, 0.2) is 17.8 Å². The molecule has 3 rings (SSSR count). The Balaban J connectivity index is 2.27. The number of nitrogens with one attached hydrogen (secondary N) is 1. The highest BCUT2D eigenvalue weighted by Gasteiger charge is 2.12. The van der Waals surface area contributed by atoms with Gasteiger partial charge in [-0.2, -0.15) is 0 Å². The van der Waals surface area contributed by atoms with E-state index >= 15 is 0 Å². The Labute approximate surface area is 96.4 Å². The standard InChI is InChI=1S/C11H10N4S/c1-6-5-16-7(2)8(6)9-14-10-11(15-9)13-4-3-12-10/h3-5H,1-2H3,(H,12,13,14,15). The summed E-state index contributed by atoms with van der Waals surface area (Å²) >= 11 is 1.73. The normalized spacial score (nSPS) is 11.1. The summed E-state index contributed by atoms with van der Waals surface area (Å²) in [6.07, 6.45) is 3.32. The SMILES string of the molecule is Cc1csc(C)c1-c1nc2nccnc2[nH]1. The minimum atomic E-state index is 0.669. The fourth-order valence-electron chi connectivity index (χ4n) is 1.79. The number of aryl methyl sites for hydroxylation is 2. The number of imidazole rings is 1. The summed E-state index contributed by atoms with van der Waals surface area (Å²) in [5, 5.41) is 2.14. The van der Waals surface area contributed by atoms with Crippen molar-refractivity contribution < 1.29 is 0 Å². The first-order chi connectivity index (χ1) is 7.75. The monoisotopic (exact) mass is 230 g/mol. The minimum absolute atomic E-state index is 0.669. The highest BCUT2D eigenvalue weighted by Crippen LogP contribution is 2.30. The van der Waals surface area contributed by atoms with Gasteiger partial charge < -0.3 is 4.98 Å². The van der Waals surface area contributed by atoms with Gasteiger partial charge in [0.15, 0.2) is 11.3 Å². The molecule has 4 nitrogen and oxygen atoms in total. The lowest BCUT2D eigenvalue weighted by molar-refractivity contribution is 1.26. The summed E-state index contributed by atoms with van der Waals surface area (Å²) in [4.78, 5) is 17.3. The second-order valence-electron chi connectivity index (χ2n) is 3.66. The van der Waals surface area contributed by atoms with Gasteiger partial charge in [0.1, 0.15) is 5.82 Å². The molecule has 3 heterocycles. The molecule has 3 aromatic rings. The van der Waals surface area contributed by atoms with Crippen LogP contribution in [-0.4, -0.2) is 19.9 Å². The fourth-order valence-corrected chi connectivity index (χ4v) is 2.64. The van der Waals surface area contributed by atoms with E-state index in [9.17, 15) is 0 Å². The lowest BCUT2D eigenvalue weighted by atomic mass is 10.1. The maximum absolute atomic E-state index is 4.45. The number of H-pyrrole nitrogens is 1. The van der Waals surface area contributed by atoms with Crippen LogP contribution in [0.5, 0.6) is 0 Å². The Morgan fingerprint density at radius 3 is 2.69 bits per heavy atom. The van der Waals surface area contributed by atoms with E-state index in [2.05, 4.69) is 39.2 Å². The zero-order valence-corrected chi connectivity index (χ0v) is 9.80. The van der Waals surface area contributed by atoms with E-state index in [1.165, 1.54) is 16.0 Å². The van der Waals surface area contributed by atoms with Crippen molar-refractivity contribution in [3.05, 3.63) is 28.2 Å². The Bertz CT molecular complexity index is 600. The van der Waals surface area contributed by atoms with E-state index in [0.717, 1.165) is 11.5 Å². The number of nitrogens with zero attached hydrogens (tertiary/aromatic N) is 3. The first-order valence-corrected chi connectivity index (χ1v) is 5.85. The molecule has 5 heteroatoms. The summed E-state index contributed by atoms with van der Waals surface area (Å²) in [7, 11) is 0. The summed E-state index contributed by atoms with van der Waals surface area (Å²) in [6.45, 7) is 4.19. The largest absolute Gasteiger partial charge is 0.321 e. The molecule has 0 atom stereocenters. The van der Waals surface area contributed by atoms with E-state index in [0.29, 0.717) is 5.65 Å². The lowest BCUT2D eigenvalue weighted by Crippen LogP contribution is -1.82. The number of thiophene rings is 1. The molecular weight excluding hydrogens is 220 g/mol. The number of aromatic nitrogens is 4. The van der Waals surface area contributed by atoms with E-state index < -0.39 is 0 Å². The maximum atomic E-state index is 4.45. The van der Waals surface area contributed by atoms with Crippen LogP contribution in [0.2, 0.25) is 0 Å². The van der Waals surface area contributed by atoms with Crippen LogP contribution in [0.4, 0.5) is 0 Å². The van der Waals surface area contributed by atoms with Crippen molar-refractivity contribution >= 4 is 22.6 Å². The highest BCUT2D eigenvalue weighted by molar-refractivity contribution is 7.10. The average Bonchev–Trinajstić information content (AvgIpc) is 2.82. The van der Waals surface area contributed by atoms with Crippen molar-refractivity contribution in [1.29, 1.82) is 0 Å². The molecule has 0 aromatic carbocycles. The molecule has 3 aromatic heterocycles. The lowest BCUT2D eigenvalue weighted by Gasteiger charge is -1.96. The summed E-state index contributed by atoms with van der Waals surface area (Å²) in [5.74, 6) is 0.859. The number of hydrogen-bond donors (Lipinski definition) is 1. The number of rotatable bonds is 1. The van der Waals surface area contributed by atoms with E-state index in [4.69, 9.17) is 0 Å². The molecule has 0 saturated carbocycles. The zero-order valence-electron chi connectivity index (χ0n) is 8.98. The first kappa shape index (κ1) is 9.47. The Morgan fingerprint density at radius 1 is 1.19 bits per heavy atom. The van der Waals surface area contributed by atoms with Crippen molar-refractivity contribution in [2.75, 3.05) is 0 Å². The molecule has 16 heavy (non-hydrogen) atoms. The van der Waals surface area contributed by atoms with Crippen molar-refractivity contribution in [3.63, 3.8) is 0 Å². The summed E-state index contributed by atoms with van der Waals surface area (Å²) in [6, 6.07) is 0. The topological polar surface area (TPSA) is 54.5 Å². The molecule has 80 valence electrons. The second-order valence-corrected chi connectivity index (χ2v) is 4.75. The number of fused-ring (bicyclic) bond motifs is 1. The molecule has 0 spiro atoms. The Kier molecular flexibility index (Phi) is 2.00. The summed E-state index contributed by atoms with van der Waals surface area (Å²) < 4.78 is 0.